The number of hydrogen-bond acceptors (Lipinski definition) is 5. The van der Waals surface area contributed by atoms with Gasteiger partial charge in [-0.3, -0.25) is 0 Å². The van der Waals surface area contributed by atoms with Crippen LogP contribution in [-0.2, 0) is 16.0 Å². The summed E-state index contributed by atoms with van der Waals surface area (Å²) in [6, 6.07) is 9.69. The number of nitrogens with zero attached hydrogens (tertiary/aromatic N) is 3. The molecule has 0 fully saturated rings. The SMILES string of the molecule is CCOC(OCC)c1cn(CCOc2ccccc2)nn1. The summed E-state index contributed by atoms with van der Waals surface area (Å²) in [7, 11) is 0. The summed E-state index contributed by atoms with van der Waals surface area (Å²) in [6.07, 6.45) is 1.37. The molecule has 0 radical (unpaired) electrons. The Labute approximate surface area is 124 Å². The van der Waals surface area contributed by atoms with Gasteiger partial charge in [0.2, 0.25) is 6.29 Å². The average Bonchev–Trinajstić information content (AvgIpc) is 2.97. The highest BCUT2D eigenvalue weighted by Crippen LogP contribution is 2.15. The van der Waals surface area contributed by atoms with Gasteiger partial charge < -0.3 is 14.2 Å². The topological polar surface area (TPSA) is 58.4 Å². The van der Waals surface area contributed by atoms with E-state index in [-0.39, 0.29) is 0 Å². The molecular weight excluding hydrogens is 270 g/mol. The van der Waals surface area contributed by atoms with Crippen LogP contribution in [0.2, 0.25) is 0 Å². The Morgan fingerprint density at radius 1 is 1.10 bits per heavy atom. The van der Waals surface area contributed by atoms with Crippen molar-refractivity contribution in [3.05, 3.63) is 42.2 Å². The highest BCUT2D eigenvalue weighted by molar-refractivity contribution is 5.20. The van der Waals surface area contributed by atoms with Crippen molar-refractivity contribution in [2.75, 3.05) is 19.8 Å². The summed E-state index contributed by atoms with van der Waals surface area (Å²) in [5.74, 6) is 0.847. The molecule has 1 heterocycles. The Morgan fingerprint density at radius 3 is 2.48 bits per heavy atom. The zero-order valence-electron chi connectivity index (χ0n) is 12.4. The van der Waals surface area contributed by atoms with Gasteiger partial charge in [0.25, 0.3) is 0 Å². The minimum atomic E-state index is -0.455. The zero-order chi connectivity index (χ0) is 14.9. The van der Waals surface area contributed by atoms with E-state index >= 15 is 0 Å². The van der Waals surface area contributed by atoms with Crippen molar-refractivity contribution < 1.29 is 14.2 Å². The lowest BCUT2D eigenvalue weighted by Crippen LogP contribution is -2.10. The predicted octanol–water partition coefficient (Wildman–Crippen LogP) is 2.43. The molecule has 6 heteroatoms. The van der Waals surface area contributed by atoms with Crippen LogP contribution in [0.4, 0.5) is 0 Å². The largest absolute Gasteiger partial charge is 0.492 e. The first-order valence-corrected chi connectivity index (χ1v) is 7.14. The molecule has 6 nitrogen and oxygen atoms in total. The standard InChI is InChI=1S/C15H21N3O3/c1-3-19-15(20-4-2)14-12-18(17-16-14)10-11-21-13-8-6-5-7-9-13/h5-9,12,15H,3-4,10-11H2,1-2H3. The molecule has 1 aromatic carbocycles. The zero-order valence-corrected chi connectivity index (χ0v) is 12.4. The molecule has 21 heavy (non-hydrogen) atoms. The molecule has 0 saturated carbocycles. The van der Waals surface area contributed by atoms with E-state index in [0.29, 0.717) is 32.1 Å². The lowest BCUT2D eigenvalue weighted by Gasteiger charge is -2.13. The van der Waals surface area contributed by atoms with Gasteiger partial charge in [-0.2, -0.15) is 0 Å². The maximum Gasteiger partial charge on any atom is 0.204 e. The number of hydrogen-bond donors (Lipinski definition) is 0. The molecule has 114 valence electrons. The van der Waals surface area contributed by atoms with E-state index in [1.807, 2.05) is 50.4 Å². The fourth-order valence-electron chi connectivity index (χ4n) is 1.83. The van der Waals surface area contributed by atoms with Crippen LogP contribution in [0.5, 0.6) is 5.75 Å². The highest BCUT2D eigenvalue weighted by Gasteiger charge is 2.15. The van der Waals surface area contributed by atoms with Crippen LogP contribution >= 0.6 is 0 Å². The van der Waals surface area contributed by atoms with E-state index in [1.165, 1.54) is 0 Å². The summed E-state index contributed by atoms with van der Waals surface area (Å²) in [5, 5.41) is 8.15. The average molecular weight is 291 g/mol. The monoisotopic (exact) mass is 291 g/mol. The molecule has 0 amide bonds. The molecule has 0 unspecified atom stereocenters. The van der Waals surface area contributed by atoms with Gasteiger partial charge in [0, 0.05) is 13.2 Å². The molecule has 1 aromatic heterocycles. The number of aromatic nitrogens is 3. The van der Waals surface area contributed by atoms with Gasteiger partial charge in [0.05, 0.1) is 12.7 Å². The second kappa shape index (κ2) is 8.39. The Morgan fingerprint density at radius 2 is 1.81 bits per heavy atom. The first-order chi connectivity index (χ1) is 10.3. The molecule has 0 aliphatic heterocycles. The van der Waals surface area contributed by atoms with Gasteiger partial charge >= 0.3 is 0 Å². The fraction of sp³-hybridized carbons (Fsp3) is 0.467. The van der Waals surface area contributed by atoms with Gasteiger partial charge in [0.15, 0.2) is 0 Å². The van der Waals surface area contributed by atoms with E-state index in [1.54, 1.807) is 4.68 Å². The van der Waals surface area contributed by atoms with Gasteiger partial charge in [0.1, 0.15) is 18.1 Å². The van der Waals surface area contributed by atoms with E-state index in [0.717, 1.165) is 5.75 Å². The second-order valence-electron chi connectivity index (χ2n) is 4.31. The third-order valence-electron chi connectivity index (χ3n) is 2.77. The Bertz CT molecular complexity index is 510. The molecule has 0 saturated heterocycles. The van der Waals surface area contributed by atoms with Crippen molar-refractivity contribution in [2.45, 2.75) is 26.7 Å². The van der Waals surface area contributed by atoms with Gasteiger partial charge in [-0.15, -0.1) is 5.10 Å². The molecule has 0 atom stereocenters. The van der Waals surface area contributed by atoms with Crippen LogP contribution in [-0.4, -0.2) is 34.8 Å². The first-order valence-electron chi connectivity index (χ1n) is 7.14. The quantitative estimate of drug-likeness (QED) is 0.664. The Kier molecular flexibility index (Phi) is 6.18. The molecule has 0 aliphatic rings. The van der Waals surface area contributed by atoms with Crippen LogP contribution < -0.4 is 4.74 Å². The molecule has 2 rings (SSSR count). The maximum atomic E-state index is 5.62. The van der Waals surface area contributed by atoms with E-state index in [4.69, 9.17) is 14.2 Å². The van der Waals surface area contributed by atoms with Gasteiger partial charge in [-0.1, -0.05) is 23.4 Å². The number of rotatable bonds is 9. The van der Waals surface area contributed by atoms with Gasteiger partial charge in [-0.25, -0.2) is 4.68 Å². The predicted molar refractivity (Wildman–Crippen MR) is 78.0 cm³/mol. The lowest BCUT2D eigenvalue weighted by molar-refractivity contribution is -0.142. The smallest absolute Gasteiger partial charge is 0.204 e. The summed E-state index contributed by atoms with van der Waals surface area (Å²) in [4.78, 5) is 0. The molecular formula is C15H21N3O3. The minimum Gasteiger partial charge on any atom is -0.492 e. The van der Waals surface area contributed by atoms with Crippen molar-refractivity contribution in [3.8, 4) is 5.75 Å². The van der Waals surface area contributed by atoms with Crippen LogP contribution in [0.3, 0.4) is 0 Å². The number of para-hydroxylation sites is 1. The van der Waals surface area contributed by atoms with Crippen molar-refractivity contribution in [1.82, 2.24) is 15.0 Å². The van der Waals surface area contributed by atoms with Crippen molar-refractivity contribution in [2.24, 2.45) is 0 Å². The highest BCUT2D eigenvalue weighted by atomic mass is 16.7. The van der Waals surface area contributed by atoms with Crippen molar-refractivity contribution in [3.63, 3.8) is 0 Å². The van der Waals surface area contributed by atoms with E-state index in [9.17, 15) is 0 Å². The van der Waals surface area contributed by atoms with Crippen LogP contribution in [0.25, 0.3) is 0 Å². The Balaban J connectivity index is 1.84. The maximum absolute atomic E-state index is 5.62. The molecule has 0 spiro atoms. The van der Waals surface area contributed by atoms with Crippen LogP contribution in [0.15, 0.2) is 36.5 Å². The summed E-state index contributed by atoms with van der Waals surface area (Å²) < 4.78 is 18.3. The molecule has 2 aromatic rings. The summed E-state index contributed by atoms with van der Waals surface area (Å²) >= 11 is 0. The Hall–Kier alpha value is -1.92. The van der Waals surface area contributed by atoms with E-state index in [2.05, 4.69) is 10.3 Å². The van der Waals surface area contributed by atoms with Crippen LogP contribution in [0.1, 0.15) is 25.8 Å². The van der Waals surface area contributed by atoms with E-state index < -0.39 is 6.29 Å². The second-order valence-corrected chi connectivity index (χ2v) is 4.31. The van der Waals surface area contributed by atoms with Crippen LogP contribution in [0, 0.1) is 0 Å². The normalized spacial score (nSPS) is 11.0. The lowest BCUT2D eigenvalue weighted by atomic mass is 10.3. The molecule has 0 aliphatic carbocycles. The van der Waals surface area contributed by atoms with Crippen molar-refractivity contribution >= 4 is 0 Å². The number of ether oxygens (including phenoxy) is 3. The molecule has 0 N–H and O–H groups in total. The first kappa shape index (κ1) is 15.5. The fourth-order valence-corrected chi connectivity index (χ4v) is 1.83. The number of benzene rings is 1. The molecule has 0 bridgehead atoms. The third kappa shape index (κ3) is 4.84. The van der Waals surface area contributed by atoms with Gasteiger partial charge in [-0.05, 0) is 26.0 Å². The summed E-state index contributed by atoms with van der Waals surface area (Å²) in [6.45, 7) is 6.12. The third-order valence-corrected chi connectivity index (χ3v) is 2.77. The van der Waals surface area contributed by atoms with Crippen molar-refractivity contribution in [1.29, 1.82) is 0 Å². The summed E-state index contributed by atoms with van der Waals surface area (Å²) in [5.41, 5.74) is 0.679. The minimum absolute atomic E-state index is 0.455.